The van der Waals surface area contributed by atoms with E-state index in [0.717, 1.165) is 25.7 Å². The molecule has 1 fully saturated rings. The molecule has 0 unspecified atom stereocenters. The van der Waals surface area contributed by atoms with Crippen molar-refractivity contribution in [3.63, 3.8) is 0 Å². The minimum Gasteiger partial charge on any atom is -0.393 e. The van der Waals surface area contributed by atoms with E-state index in [4.69, 9.17) is 0 Å². The van der Waals surface area contributed by atoms with E-state index >= 15 is 0 Å². The Balaban J connectivity index is 1.82. The standard InChI is InChI=1S/C12H20N2O/c1-9(12-3-2-8-13-12)14-10-4-6-11(15)7-5-10/h2-3,8-11,13-15H,4-7H2,1H3/t9-,10?,11?/m1/s1. The lowest BCUT2D eigenvalue weighted by molar-refractivity contribution is 0.114. The van der Waals surface area contributed by atoms with E-state index in [-0.39, 0.29) is 6.10 Å². The van der Waals surface area contributed by atoms with Crippen molar-refractivity contribution in [2.45, 2.75) is 50.8 Å². The predicted molar refractivity (Wildman–Crippen MR) is 60.6 cm³/mol. The van der Waals surface area contributed by atoms with Gasteiger partial charge in [-0.05, 0) is 44.7 Å². The molecule has 3 heteroatoms. The summed E-state index contributed by atoms with van der Waals surface area (Å²) in [5.41, 5.74) is 1.24. The second-order valence-corrected chi connectivity index (χ2v) is 4.52. The van der Waals surface area contributed by atoms with Crippen LogP contribution in [0.15, 0.2) is 18.3 Å². The fraction of sp³-hybridized carbons (Fsp3) is 0.667. The molecule has 2 rings (SSSR count). The van der Waals surface area contributed by atoms with Crippen molar-refractivity contribution in [3.8, 4) is 0 Å². The van der Waals surface area contributed by atoms with E-state index in [2.05, 4.69) is 23.3 Å². The molecule has 1 aromatic rings. The summed E-state index contributed by atoms with van der Waals surface area (Å²) in [6.07, 6.45) is 5.95. The van der Waals surface area contributed by atoms with Gasteiger partial charge in [0.15, 0.2) is 0 Å². The van der Waals surface area contributed by atoms with Gasteiger partial charge in [0.05, 0.1) is 6.10 Å². The van der Waals surface area contributed by atoms with E-state index in [1.165, 1.54) is 5.69 Å². The van der Waals surface area contributed by atoms with Crippen molar-refractivity contribution in [1.29, 1.82) is 0 Å². The largest absolute Gasteiger partial charge is 0.393 e. The maximum atomic E-state index is 9.41. The number of aromatic nitrogens is 1. The maximum Gasteiger partial charge on any atom is 0.0541 e. The second kappa shape index (κ2) is 4.81. The van der Waals surface area contributed by atoms with Gasteiger partial charge < -0.3 is 15.4 Å². The molecule has 1 aromatic heterocycles. The first kappa shape index (κ1) is 10.7. The van der Waals surface area contributed by atoms with Crippen LogP contribution in [-0.4, -0.2) is 22.2 Å². The second-order valence-electron chi connectivity index (χ2n) is 4.52. The van der Waals surface area contributed by atoms with Gasteiger partial charge in [-0.3, -0.25) is 0 Å². The van der Waals surface area contributed by atoms with Crippen molar-refractivity contribution < 1.29 is 5.11 Å². The molecule has 1 saturated carbocycles. The van der Waals surface area contributed by atoms with Crippen LogP contribution < -0.4 is 5.32 Å². The first-order valence-electron chi connectivity index (χ1n) is 5.83. The quantitative estimate of drug-likeness (QED) is 0.711. The molecule has 3 N–H and O–H groups in total. The van der Waals surface area contributed by atoms with E-state index in [1.807, 2.05) is 12.3 Å². The molecule has 1 heterocycles. The third kappa shape index (κ3) is 2.83. The van der Waals surface area contributed by atoms with Crippen molar-refractivity contribution in [1.82, 2.24) is 10.3 Å². The van der Waals surface area contributed by atoms with E-state index in [9.17, 15) is 5.11 Å². The fourth-order valence-electron chi connectivity index (χ4n) is 2.30. The minimum atomic E-state index is -0.0659. The zero-order valence-corrected chi connectivity index (χ0v) is 9.24. The molecule has 0 aliphatic heterocycles. The van der Waals surface area contributed by atoms with Gasteiger partial charge in [0.2, 0.25) is 0 Å². The Hall–Kier alpha value is -0.800. The summed E-state index contributed by atoms with van der Waals surface area (Å²) in [6, 6.07) is 5.07. The smallest absolute Gasteiger partial charge is 0.0541 e. The average molecular weight is 208 g/mol. The molecule has 84 valence electrons. The lowest BCUT2D eigenvalue weighted by Gasteiger charge is -2.28. The number of H-pyrrole nitrogens is 1. The molecule has 15 heavy (non-hydrogen) atoms. The molecule has 1 aliphatic carbocycles. The molecule has 3 nitrogen and oxygen atoms in total. The number of aliphatic hydroxyl groups excluding tert-OH is 1. The molecule has 0 aromatic carbocycles. The van der Waals surface area contributed by atoms with E-state index in [0.29, 0.717) is 12.1 Å². The van der Waals surface area contributed by atoms with Crippen LogP contribution in [0.2, 0.25) is 0 Å². The van der Waals surface area contributed by atoms with Crippen LogP contribution in [0.4, 0.5) is 0 Å². The lowest BCUT2D eigenvalue weighted by atomic mass is 9.92. The highest BCUT2D eigenvalue weighted by atomic mass is 16.3. The Kier molecular flexibility index (Phi) is 3.44. The van der Waals surface area contributed by atoms with Crippen LogP contribution in [0, 0.1) is 0 Å². The van der Waals surface area contributed by atoms with Gasteiger partial charge in [-0.2, -0.15) is 0 Å². The molecular weight excluding hydrogens is 188 g/mol. The summed E-state index contributed by atoms with van der Waals surface area (Å²) in [4.78, 5) is 3.22. The lowest BCUT2D eigenvalue weighted by Crippen LogP contribution is -2.36. The minimum absolute atomic E-state index is 0.0659. The Morgan fingerprint density at radius 3 is 2.73 bits per heavy atom. The molecule has 0 spiro atoms. The van der Waals surface area contributed by atoms with Gasteiger partial charge in [-0.15, -0.1) is 0 Å². The van der Waals surface area contributed by atoms with Gasteiger partial charge in [-0.1, -0.05) is 0 Å². The molecule has 0 bridgehead atoms. The number of nitrogens with one attached hydrogen (secondary N) is 2. The van der Waals surface area contributed by atoms with E-state index in [1.54, 1.807) is 0 Å². The zero-order chi connectivity index (χ0) is 10.7. The van der Waals surface area contributed by atoms with Crippen LogP contribution in [0.3, 0.4) is 0 Å². The maximum absolute atomic E-state index is 9.41. The van der Waals surface area contributed by atoms with Gasteiger partial charge in [0.25, 0.3) is 0 Å². The number of rotatable bonds is 3. The molecule has 0 amide bonds. The number of hydrogen-bond acceptors (Lipinski definition) is 2. The molecule has 0 saturated heterocycles. The normalized spacial score (nSPS) is 28.9. The summed E-state index contributed by atoms with van der Waals surface area (Å²) in [5.74, 6) is 0. The number of aliphatic hydroxyl groups is 1. The third-order valence-corrected chi connectivity index (χ3v) is 3.27. The monoisotopic (exact) mass is 208 g/mol. The highest BCUT2D eigenvalue weighted by Crippen LogP contribution is 2.21. The Morgan fingerprint density at radius 2 is 2.13 bits per heavy atom. The number of hydrogen-bond donors (Lipinski definition) is 3. The first-order chi connectivity index (χ1) is 7.25. The van der Waals surface area contributed by atoms with E-state index < -0.39 is 0 Å². The summed E-state index contributed by atoms with van der Waals surface area (Å²) < 4.78 is 0. The van der Waals surface area contributed by atoms with Gasteiger partial charge >= 0.3 is 0 Å². The summed E-state index contributed by atoms with van der Waals surface area (Å²) in [7, 11) is 0. The molecular formula is C12H20N2O. The number of aromatic amines is 1. The Labute approximate surface area is 90.9 Å². The van der Waals surface area contributed by atoms with Crippen molar-refractivity contribution in [2.24, 2.45) is 0 Å². The van der Waals surface area contributed by atoms with Crippen molar-refractivity contribution in [2.75, 3.05) is 0 Å². The average Bonchev–Trinajstić information content (AvgIpc) is 2.74. The first-order valence-corrected chi connectivity index (χ1v) is 5.83. The van der Waals surface area contributed by atoms with Crippen LogP contribution in [-0.2, 0) is 0 Å². The summed E-state index contributed by atoms with van der Waals surface area (Å²) in [6.45, 7) is 2.18. The van der Waals surface area contributed by atoms with Gasteiger partial charge in [-0.25, -0.2) is 0 Å². The predicted octanol–water partition coefficient (Wildman–Crippen LogP) is 1.97. The summed E-state index contributed by atoms with van der Waals surface area (Å²) in [5, 5.41) is 13.0. The van der Waals surface area contributed by atoms with Crippen molar-refractivity contribution >= 4 is 0 Å². The van der Waals surface area contributed by atoms with Crippen LogP contribution in [0.5, 0.6) is 0 Å². The summed E-state index contributed by atoms with van der Waals surface area (Å²) >= 11 is 0. The third-order valence-electron chi connectivity index (χ3n) is 3.27. The van der Waals surface area contributed by atoms with Gasteiger partial charge in [0.1, 0.15) is 0 Å². The SMILES string of the molecule is C[C@@H](NC1CCC(O)CC1)c1ccc[nH]1. The molecule has 1 aliphatic rings. The van der Waals surface area contributed by atoms with Crippen LogP contribution >= 0.6 is 0 Å². The van der Waals surface area contributed by atoms with Gasteiger partial charge in [0, 0.05) is 24.0 Å². The van der Waals surface area contributed by atoms with Crippen LogP contribution in [0.1, 0.15) is 44.3 Å². The van der Waals surface area contributed by atoms with Crippen molar-refractivity contribution in [3.05, 3.63) is 24.0 Å². The molecule has 1 atom stereocenters. The highest BCUT2D eigenvalue weighted by Gasteiger charge is 2.20. The van der Waals surface area contributed by atoms with Crippen LogP contribution in [0.25, 0.3) is 0 Å². The highest BCUT2D eigenvalue weighted by molar-refractivity contribution is 5.08. The topological polar surface area (TPSA) is 48.0 Å². The Morgan fingerprint density at radius 1 is 1.40 bits per heavy atom. The molecule has 0 radical (unpaired) electrons. The fourth-order valence-corrected chi connectivity index (χ4v) is 2.30. The Bertz CT molecular complexity index is 276. The zero-order valence-electron chi connectivity index (χ0n) is 9.24.